The van der Waals surface area contributed by atoms with Gasteiger partial charge in [0, 0.05) is 6.04 Å². The summed E-state index contributed by atoms with van der Waals surface area (Å²) in [6.07, 6.45) is 1.28. The Balaban J connectivity index is 2.02. The Labute approximate surface area is 86.6 Å². The topological polar surface area (TPSA) is 41.1 Å². The first-order valence-corrected chi connectivity index (χ1v) is 5.42. The quantitative estimate of drug-likeness (QED) is 0.695. The lowest BCUT2D eigenvalue weighted by atomic mass is 10.1. The van der Waals surface area contributed by atoms with Gasteiger partial charge in [-0.3, -0.25) is 4.79 Å². The van der Waals surface area contributed by atoms with Crippen molar-refractivity contribution in [3.8, 4) is 0 Å². The smallest absolute Gasteiger partial charge is 0.234 e. The van der Waals surface area contributed by atoms with Crippen molar-refractivity contribution in [1.29, 1.82) is 0 Å². The molecule has 1 atom stereocenters. The molecule has 0 aliphatic heterocycles. The standard InChI is InChI=1S/C11H22N2O/c1-8(2)13-10(14)7-12-6-9-5-11(9,3)4/h8-9,12H,5-7H2,1-4H3,(H,13,14). The van der Waals surface area contributed by atoms with Gasteiger partial charge in [0.05, 0.1) is 6.54 Å². The first-order chi connectivity index (χ1) is 6.42. The molecular weight excluding hydrogens is 176 g/mol. The Morgan fingerprint density at radius 2 is 2.07 bits per heavy atom. The average Bonchev–Trinajstić information content (AvgIpc) is 2.57. The van der Waals surface area contributed by atoms with Crippen LogP contribution in [-0.4, -0.2) is 25.0 Å². The summed E-state index contributed by atoms with van der Waals surface area (Å²) in [5, 5.41) is 6.05. The van der Waals surface area contributed by atoms with Crippen LogP contribution in [0.4, 0.5) is 0 Å². The van der Waals surface area contributed by atoms with E-state index in [0.717, 1.165) is 12.5 Å². The molecule has 0 spiro atoms. The summed E-state index contributed by atoms with van der Waals surface area (Å²) in [6.45, 7) is 9.91. The summed E-state index contributed by atoms with van der Waals surface area (Å²) in [7, 11) is 0. The second-order valence-electron chi connectivity index (χ2n) is 5.24. The van der Waals surface area contributed by atoms with Gasteiger partial charge in [0.2, 0.25) is 5.91 Å². The van der Waals surface area contributed by atoms with Gasteiger partial charge in [0.15, 0.2) is 0 Å². The van der Waals surface area contributed by atoms with Crippen molar-refractivity contribution in [2.45, 2.75) is 40.2 Å². The number of nitrogens with one attached hydrogen (secondary N) is 2. The molecular formula is C11H22N2O. The van der Waals surface area contributed by atoms with Crippen LogP contribution in [0.3, 0.4) is 0 Å². The van der Waals surface area contributed by atoms with Crippen LogP contribution in [0.25, 0.3) is 0 Å². The molecule has 1 fully saturated rings. The van der Waals surface area contributed by atoms with Gasteiger partial charge >= 0.3 is 0 Å². The molecule has 0 aromatic rings. The molecule has 1 amide bonds. The van der Waals surface area contributed by atoms with Gasteiger partial charge in [-0.05, 0) is 38.1 Å². The Hall–Kier alpha value is -0.570. The third-order valence-electron chi connectivity index (χ3n) is 2.84. The highest BCUT2D eigenvalue weighted by atomic mass is 16.1. The van der Waals surface area contributed by atoms with Crippen molar-refractivity contribution in [1.82, 2.24) is 10.6 Å². The minimum atomic E-state index is 0.0958. The second-order valence-corrected chi connectivity index (χ2v) is 5.24. The third-order valence-corrected chi connectivity index (χ3v) is 2.84. The van der Waals surface area contributed by atoms with Crippen molar-refractivity contribution in [3.05, 3.63) is 0 Å². The van der Waals surface area contributed by atoms with E-state index >= 15 is 0 Å². The maximum atomic E-state index is 11.2. The van der Waals surface area contributed by atoms with Crippen molar-refractivity contribution in [3.63, 3.8) is 0 Å². The first kappa shape index (κ1) is 11.5. The highest BCUT2D eigenvalue weighted by Crippen LogP contribution is 2.50. The molecule has 1 aliphatic carbocycles. The van der Waals surface area contributed by atoms with Gasteiger partial charge in [-0.2, -0.15) is 0 Å². The van der Waals surface area contributed by atoms with Crippen LogP contribution in [0.2, 0.25) is 0 Å². The minimum absolute atomic E-state index is 0.0958. The van der Waals surface area contributed by atoms with E-state index in [1.54, 1.807) is 0 Å². The van der Waals surface area contributed by atoms with Crippen molar-refractivity contribution < 1.29 is 4.79 Å². The zero-order valence-corrected chi connectivity index (χ0v) is 9.68. The largest absolute Gasteiger partial charge is 0.353 e. The average molecular weight is 198 g/mol. The molecule has 1 rings (SSSR count). The normalized spacial score (nSPS) is 23.6. The maximum Gasteiger partial charge on any atom is 0.234 e. The molecule has 1 unspecified atom stereocenters. The molecule has 1 aliphatic rings. The van der Waals surface area contributed by atoms with Gasteiger partial charge in [0.1, 0.15) is 0 Å². The lowest BCUT2D eigenvalue weighted by molar-refractivity contribution is -0.120. The van der Waals surface area contributed by atoms with Crippen LogP contribution in [0.15, 0.2) is 0 Å². The lowest BCUT2D eigenvalue weighted by Crippen LogP contribution is -2.38. The number of hydrogen-bond acceptors (Lipinski definition) is 2. The summed E-state index contributed by atoms with van der Waals surface area (Å²) in [4.78, 5) is 11.2. The SMILES string of the molecule is CC(C)NC(=O)CNCC1CC1(C)C. The summed E-state index contributed by atoms with van der Waals surface area (Å²) in [5.74, 6) is 0.854. The van der Waals surface area contributed by atoms with E-state index in [1.807, 2.05) is 13.8 Å². The molecule has 1 saturated carbocycles. The first-order valence-electron chi connectivity index (χ1n) is 5.42. The highest BCUT2D eigenvalue weighted by molar-refractivity contribution is 5.78. The van der Waals surface area contributed by atoms with Crippen LogP contribution in [0.1, 0.15) is 34.1 Å². The number of rotatable bonds is 5. The van der Waals surface area contributed by atoms with E-state index in [9.17, 15) is 4.79 Å². The molecule has 3 nitrogen and oxygen atoms in total. The Bertz CT molecular complexity index is 211. The van der Waals surface area contributed by atoms with Gasteiger partial charge in [-0.25, -0.2) is 0 Å². The zero-order valence-electron chi connectivity index (χ0n) is 9.68. The van der Waals surface area contributed by atoms with Crippen molar-refractivity contribution in [2.24, 2.45) is 11.3 Å². The number of carbonyl (C=O) groups is 1. The summed E-state index contributed by atoms with van der Waals surface area (Å²) >= 11 is 0. The maximum absolute atomic E-state index is 11.2. The van der Waals surface area contributed by atoms with Gasteiger partial charge in [-0.15, -0.1) is 0 Å². The number of amides is 1. The van der Waals surface area contributed by atoms with Crippen LogP contribution in [-0.2, 0) is 4.79 Å². The predicted octanol–water partition coefficient (Wildman–Crippen LogP) is 1.15. The molecule has 14 heavy (non-hydrogen) atoms. The molecule has 0 aromatic heterocycles. The summed E-state index contributed by atoms with van der Waals surface area (Å²) in [5.41, 5.74) is 0.502. The Morgan fingerprint density at radius 1 is 1.50 bits per heavy atom. The number of hydrogen-bond donors (Lipinski definition) is 2. The van der Waals surface area contributed by atoms with E-state index in [-0.39, 0.29) is 11.9 Å². The minimum Gasteiger partial charge on any atom is -0.353 e. The van der Waals surface area contributed by atoms with Gasteiger partial charge < -0.3 is 10.6 Å². The molecule has 0 bridgehead atoms. The van der Waals surface area contributed by atoms with Crippen LogP contribution in [0, 0.1) is 11.3 Å². The fourth-order valence-corrected chi connectivity index (χ4v) is 1.66. The van der Waals surface area contributed by atoms with Crippen LogP contribution >= 0.6 is 0 Å². The van der Waals surface area contributed by atoms with E-state index in [4.69, 9.17) is 0 Å². The Kier molecular flexibility index (Phi) is 3.53. The number of carbonyl (C=O) groups excluding carboxylic acids is 1. The lowest BCUT2D eigenvalue weighted by Gasteiger charge is -2.09. The predicted molar refractivity (Wildman–Crippen MR) is 58.0 cm³/mol. The summed E-state index contributed by atoms with van der Waals surface area (Å²) < 4.78 is 0. The molecule has 2 N–H and O–H groups in total. The molecule has 0 saturated heterocycles. The Morgan fingerprint density at radius 3 is 2.50 bits per heavy atom. The highest BCUT2D eigenvalue weighted by Gasteiger charge is 2.44. The molecule has 0 aromatic carbocycles. The molecule has 0 heterocycles. The van der Waals surface area contributed by atoms with E-state index in [2.05, 4.69) is 24.5 Å². The third kappa shape index (κ3) is 3.66. The molecule has 82 valence electrons. The summed E-state index contributed by atoms with van der Waals surface area (Å²) in [6, 6.07) is 0.238. The molecule has 0 radical (unpaired) electrons. The van der Waals surface area contributed by atoms with Crippen molar-refractivity contribution in [2.75, 3.05) is 13.1 Å². The fourth-order valence-electron chi connectivity index (χ4n) is 1.66. The van der Waals surface area contributed by atoms with E-state index in [1.165, 1.54) is 6.42 Å². The van der Waals surface area contributed by atoms with Crippen LogP contribution in [0.5, 0.6) is 0 Å². The second kappa shape index (κ2) is 4.30. The van der Waals surface area contributed by atoms with Gasteiger partial charge in [0.25, 0.3) is 0 Å². The van der Waals surface area contributed by atoms with E-state index < -0.39 is 0 Å². The van der Waals surface area contributed by atoms with Gasteiger partial charge in [-0.1, -0.05) is 13.8 Å². The van der Waals surface area contributed by atoms with E-state index in [0.29, 0.717) is 12.0 Å². The fraction of sp³-hybridized carbons (Fsp3) is 0.909. The monoisotopic (exact) mass is 198 g/mol. The van der Waals surface area contributed by atoms with Crippen molar-refractivity contribution >= 4 is 5.91 Å². The zero-order chi connectivity index (χ0) is 10.8. The van der Waals surface area contributed by atoms with Crippen LogP contribution < -0.4 is 10.6 Å². The molecule has 3 heteroatoms.